The van der Waals surface area contributed by atoms with Gasteiger partial charge in [-0.05, 0) is 41.0 Å². The lowest BCUT2D eigenvalue weighted by Crippen LogP contribution is -2.13. The van der Waals surface area contributed by atoms with Gasteiger partial charge in [-0.2, -0.15) is 4.98 Å². The number of nitrogens with two attached hydrogens (primary N) is 1. The van der Waals surface area contributed by atoms with Crippen molar-refractivity contribution in [1.82, 2.24) is 10.1 Å². The lowest BCUT2D eigenvalue weighted by atomic mass is 10.0. The molecule has 0 atom stereocenters. The number of hydrogen-bond donors (Lipinski definition) is 3. The van der Waals surface area contributed by atoms with Crippen molar-refractivity contribution < 1.29 is 23.6 Å². The molecule has 9 heteroatoms. The number of hydrogen-bond acceptors (Lipinski definition) is 6. The van der Waals surface area contributed by atoms with Crippen LogP contribution in [0.25, 0.3) is 45.1 Å². The average Bonchev–Trinajstić information content (AvgIpc) is 3.56. The topological polar surface area (TPSA) is 118 Å². The molecule has 7 nitrogen and oxygen atoms in total. The molecule has 0 unspecified atom stereocenters. The Kier molecular flexibility index (Phi) is 8.94. The number of aliphatic hydroxyl groups excluding tert-OH is 1. The Bertz CT molecular complexity index is 1840. The summed E-state index contributed by atoms with van der Waals surface area (Å²) >= 11 is 0. The van der Waals surface area contributed by atoms with Gasteiger partial charge in [-0.15, -0.1) is 0 Å². The van der Waals surface area contributed by atoms with Crippen LogP contribution < -0.4 is 5.73 Å². The lowest BCUT2D eigenvalue weighted by Gasteiger charge is -2.05. The van der Waals surface area contributed by atoms with E-state index in [9.17, 15) is 8.78 Å². The van der Waals surface area contributed by atoms with Crippen LogP contribution in [0.5, 0.6) is 0 Å². The number of oxime groups is 1. The van der Waals surface area contributed by atoms with Crippen molar-refractivity contribution in [2.24, 2.45) is 10.9 Å². The minimum Gasteiger partial charge on any atom is -0.409 e. The molecular weight excluding hydrogens is 550 g/mol. The van der Waals surface area contributed by atoms with Crippen molar-refractivity contribution in [2.45, 2.75) is 6.61 Å². The Labute approximate surface area is 246 Å². The predicted octanol–water partition coefficient (Wildman–Crippen LogP) is 7.29. The first kappa shape index (κ1) is 28.8. The second kappa shape index (κ2) is 13.3. The molecule has 6 rings (SSSR count). The van der Waals surface area contributed by atoms with Crippen molar-refractivity contribution in [3.63, 3.8) is 0 Å². The van der Waals surface area contributed by atoms with Crippen molar-refractivity contribution in [3.05, 3.63) is 144 Å². The van der Waals surface area contributed by atoms with Crippen molar-refractivity contribution >= 4 is 5.84 Å². The van der Waals surface area contributed by atoms with Gasteiger partial charge in [-0.3, -0.25) is 0 Å². The predicted molar refractivity (Wildman–Crippen MR) is 161 cm³/mol. The first-order chi connectivity index (χ1) is 21.0. The van der Waals surface area contributed by atoms with Crippen LogP contribution in [0.4, 0.5) is 8.78 Å². The fourth-order valence-corrected chi connectivity index (χ4v) is 4.30. The summed E-state index contributed by atoms with van der Waals surface area (Å²) in [6.45, 7) is -0.0254. The van der Waals surface area contributed by atoms with E-state index in [1.54, 1.807) is 48.5 Å². The number of nitrogens with zero attached hydrogens (tertiary/aromatic N) is 3. The van der Waals surface area contributed by atoms with E-state index in [4.69, 9.17) is 20.6 Å². The Hall–Kier alpha value is -5.67. The zero-order chi connectivity index (χ0) is 30.2. The summed E-state index contributed by atoms with van der Waals surface area (Å²) in [4.78, 5) is 4.34. The minimum absolute atomic E-state index is 0.0254. The van der Waals surface area contributed by atoms with E-state index < -0.39 is 5.82 Å². The third-order valence-electron chi connectivity index (χ3n) is 6.58. The van der Waals surface area contributed by atoms with Crippen molar-refractivity contribution in [2.75, 3.05) is 0 Å². The number of rotatable bonds is 6. The van der Waals surface area contributed by atoms with Gasteiger partial charge in [0.2, 0.25) is 5.82 Å². The van der Waals surface area contributed by atoms with Crippen LogP contribution in [0.3, 0.4) is 0 Å². The van der Waals surface area contributed by atoms with Crippen LogP contribution in [0.15, 0.2) is 131 Å². The average molecular weight is 577 g/mol. The smallest absolute Gasteiger partial charge is 0.258 e. The maximum Gasteiger partial charge on any atom is 0.258 e. The zero-order valence-corrected chi connectivity index (χ0v) is 22.7. The first-order valence-electron chi connectivity index (χ1n) is 13.2. The van der Waals surface area contributed by atoms with E-state index in [1.165, 1.54) is 12.1 Å². The quantitative estimate of drug-likeness (QED) is 0.0830. The van der Waals surface area contributed by atoms with Crippen LogP contribution in [-0.4, -0.2) is 26.3 Å². The van der Waals surface area contributed by atoms with Crippen LogP contribution in [0.2, 0.25) is 0 Å². The van der Waals surface area contributed by atoms with E-state index in [2.05, 4.69) is 15.3 Å². The SMILES string of the molecule is N/C(=N/O)c1ccc(-c2ccccc2)c(F)c1.OCc1ccc(-c2nc(-c3ccc(-c4ccccc4)c(F)c3)no2)cc1. The van der Waals surface area contributed by atoms with Crippen LogP contribution in [0.1, 0.15) is 11.1 Å². The molecule has 43 heavy (non-hydrogen) atoms. The molecule has 0 aliphatic carbocycles. The maximum atomic E-state index is 14.5. The van der Waals surface area contributed by atoms with E-state index >= 15 is 0 Å². The van der Waals surface area contributed by atoms with Crippen LogP contribution in [0, 0.1) is 11.6 Å². The minimum atomic E-state index is -0.402. The van der Waals surface area contributed by atoms with Gasteiger partial charge >= 0.3 is 0 Å². The zero-order valence-electron chi connectivity index (χ0n) is 22.7. The van der Waals surface area contributed by atoms with Gasteiger partial charge in [-0.25, -0.2) is 8.78 Å². The number of benzene rings is 5. The summed E-state index contributed by atoms with van der Waals surface area (Å²) in [6, 6.07) is 35.1. The Balaban J connectivity index is 0.000000188. The monoisotopic (exact) mass is 576 g/mol. The van der Waals surface area contributed by atoms with Gasteiger partial charge in [0.1, 0.15) is 11.6 Å². The molecule has 0 saturated heterocycles. The summed E-state index contributed by atoms with van der Waals surface area (Å²) in [7, 11) is 0. The molecule has 0 bridgehead atoms. The van der Waals surface area contributed by atoms with Crippen LogP contribution >= 0.6 is 0 Å². The van der Waals surface area contributed by atoms with E-state index in [0.29, 0.717) is 34.0 Å². The van der Waals surface area contributed by atoms with Gasteiger partial charge in [0, 0.05) is 27.8 Å². The second-order valence-electron chi connectivity index (χ2n) is 9.38. The van der Waals surface area contributed by atoms with Crippen LogP contribution in [-0.2, 0) is 6.61 Å². The molecule has 0 spiro atoms. The molecule has 1 heterocycles. The molecule has 0 amide bonds. The molecule has 0 aliphatic rings. The standard InChI is InChI=1S/C21H15FN2O2.C13H11FN2O/c22-19-12-17(10-11-18(19)15-4-2-1-3-5-15)20-23-21(26-24-20)16-8-6-14(13-25)7-9-16;14-12-8-10(13(15)16-17)6-7-11(12)9-4-2-1-3-5-9/h1-12,25H,13H2;1-8,17H,(H2,15,16). The third kappa shape index (κ3) is 6.80. The Morgan fingerprint density at radius 1 is 0.698 bits per heavy atom. The second-order valence-corrected chi connectivity index (χ2v) is 9.38. The lowest BCUT2D eigenvalue weighted by molar-refractivity contribution is 0.282. The number of amidine groups is 1. The summed E-state index contributed by atoms with van der Waals surface area (Å²) in [5.74, 6) is -0.182. The third-order valence-corrected chi connectivity index (χ3v) is 6.58. The van der Waals surface area contributed by atoms with E-state index in [0.717, 1.165) is 22.3 Å². The summed E-state index contributed by atoms with van der Waals surface area (Å²) in [6.07, 6.45) is 0. The molecule has 1 aromatic heterocycles. The number of halogens is 2. The fourth-order valence-electron chi connectivity index (χ4n) is 4.30. The first-order valence-corrected chi connectivity index (χ1v) is 13.2. The van der Waals surface area contributed by atoms with Gasteiger partial charge in [0.15, 0.2) is 5.84 Å². The van der Waals surface area contributed by atoms with Gasteiger partial charge < -0.3 is 20.6 Å². The van der Waals surface area contributed by atoms with Crippen molar-refractivity contribution in [3.8, 4) is 45.1 Å². The normalized spacial score (nSPS) is 11.1. The fraction of sp³-hybridized carbons (Fsp3) is 0.0294. The highest BCUT2D eigenvalue weighted by Crippen LogP contribution is 2.28. The molecular formula is C34H26F2N4O3. The highest BCUT2D eigenvalue weighted by atomic mass is 19.1. The Morgan fingerprint density at radius 3 is 1.79 bits per heavy atom. The molecule has 0 saturated carbocycles. The molecule has 6 aromatic rings. The molecule has 0 radical (unpaired) electrons. The van der Waals surface area contributed by atoms with Gasteiger partial charge in [0.05, 0.1) is 6.61 Å². The highest BCUT2D eigenvalue weighted by Gasteiger charge is 2.13. The van der Waals surface area contributed by atoms with Gasteiger partial charge in [-0.1, -0.05) is 107 Å². The van der Waals surface area contributed by atoms with Crippen molar-refractivity contribution in [1.29, 1.82) is 0 Å². The summed E-state index contributed by atoms with van der Waals surface area (Å²) in [5, 5.41) is 24.4. The number of aromatic nitrogens is 2. The molecule has 5 aromatic carbocycles. The van der Waals surface area contributed by atoms with E-state index in [-0.39, 0.29) is 18.3 Å². The molecule has 0 aliphatic heterocycles. The maximum absolute atomic E-state index is 14.5. The molecule has 0 fully saturated rings. The molecule has 214 valence electrons. The summed E-state index contributed by atoms with van der Waals surface area (Å²) in [5.41, 5.74) is 10.4. The largest absolute Gasteiger partial charge is 0.409 e. The summed E-state index contributed by atoms with van der Waals surface area (Å²) < 4.78 is 33.7. The molecule has 4 N–H and O–H groups in total. The Morgan fingerprint density at radius 2 is 1.26 bits per heavy atom. The highest BCUT2D eigenvalue weighted by molar-refractivity contribution is 5.97. The van der Waals surface area contributed by atoms with E-state index in [1.807, 2.05) is 60.7 Å². The number of aliphatic hydroxyl groups is 1. The van der Waals surface area contributed by atoms with Gasteiger partial charge in [0.25, 0.3) is 5.89 Å².